The Morgan fingerprint density at radius 2 is 2.23 bits per heavy atom. The Kier molecular flexibility index (Phi) is 3.78. The highest BCUT2D eigenvalue weighted by Gasteiger charge is 2.13. The molecule has 0 atom stereocenters. The molecule has 1 N–H and O–H groups in total. The number of benzene rings is 1. The van der Waals surface area contributed by atoms with E-state index in [1.807, 2.05) is 35.9 Å². The van der Waals surface area contributed by atoms with Gasteiger partial charge in [0, 0.05) is 24.5 Å². The Bertz CT molecular complexity index is 792. The van der Waals surface area contributed by atoms with Gasteiger partial charge in [-0.2, -0.15) is 5.10 Å². The summed E-state index contributed by atoms with van der Waals surface area (Å²) in [5.41, 5.74) is 1.60. The van der Waals surface area contributed by atoms with Crippen molar-refractivity contribution >= 4 is 16.8 Å². The van der Waals surface area contributed by atoms with Gasteiger partial charge in [-0.1, -0.05) is 0 Å². The number of aryl methyl sites for hydroxylation is 1. The van der Waals surface area contributed by atoms with Crippen molar-refractivity contribution < 1.29 is 9.53 Å². The Morgan fingerprint density at radius 1 is 1.36 bits per heavy atom. The fraction of sp³-hybridized carbons (Fsp3) is 0.267. The van der Waals surface area contributed by atoms with Crippen LogP contribution in [0.15, 0.2) is 36.9 Å². The Morgan fingerprint density at radius 3 is 2.95 bits per heavy atom. The minimum absolute atomic E-state index is 0.113. The highest BCUT2D eigenvalue weighted by molar-refractivity contribution is 5.99. The Hall–Kier alpha value is -2.83. The number of hydrogen-bond acceptors (Lipinski definition) is 4. The molecule has 0 aliphatic rings. The number of amides is 1. The molecule has 0 unspecified atom stereocenters. The lowest BCUT2D eigenvalue weighted by Crippen LogP contribution is -2.28. The van der Waals surface area contributed by atoms with Crippen molar-refractivity contribution in [2.45, 2.75) is 6.54 Å². The van der Waals surface area contributed by atoms with E-state index in [2.05, 4.69) is 15.4 Å². The molecule has 1 amide bonds. The van der Waals surface area contributed by atoms with Gasteiger partial charge in [0.15, 0.2) is 0 Å². The molecule has 0 saturated heterocycles. The highest BCUT2D eigenvalue weighted by atomic mass is 16.5. The van der Waals surface area contributed by atoms with Crippen molar-refractivity contribution in [3.63, 3.8) is 0 Å². The molecular formula is C15H17N5O2. The first-order valence-corrected chi connectivity index (χ1v) is 6.93. The zero-order chi connectivity index (χ0) is 15.5. The Balaban J connectivity index is 1.74. The summed E-state index contributed by atoms with van der Waals surface area (Å²) in [4.78, 5) is 16.2. The third-order valence-electron chi connectivity index (χ3n) is 3.58. The average molecular weight is 299 g/mol. The summed E-state index contributed by atoms with van der Waals surface area (Å²) in [6, 6.07) is 7.61. The van der Waals surface area contributed by atoms with Crippen LogP contribution in [0.25, 0.3) is 10.9 Å². The fourth-order valence-electron chi connectivity index (χ4n) is 2.40. The topological polar surface area (TPSA) is 74.0 Å². The maximum absolute atomic E-state index is 12.3. The molecule has 0 spiro atoms. The van der Waals surface area contributed by atoms with Crippen molar-refractivity contribution in [1.29, 1.82) is 0 Å². The van der Waals surface area contributed by atoms with Gasteiger partial charge in [0.1, 0.15) is 24.1 Å². The molecule has 2 aromatic heterocycles. The molecule has 0 fully saturated rings. The summed E-state index contributed by atoms with van der Waals surface area (Å²) in [5.74, 6) is 0.661. The molecule has 3 rings (SSSR count). The fourth-order valence-corrected chi connectivity index (χ4v) is 2.40. The number of methoxy groups -OCH3 is 1. The molecule has 22 heavy (non-hydrogen) atoms. The smallest absolute Gasteiger partial charge is 0.267 e. The maximum Gasteiger partial charge on any atom is 0.267 e. The monoisotopic (exact) mass is 299 g/mol. The second-order valence-corrected chi connectivity index (χ2v) is 4.93. The zero-order valence-corrected chi connectivity index (χ0v) is 12.5. The van der Waals surface area contributed by atoms with Crippen LogP contribution in [0.2, 0.25) is 0 Å². The van der Waals surface area contributed by atoms with E-state index in [1.165, 1.54) is 6.33 Å². The van der Waals surface area contributed by atoms with Crippen LogP contribution >= 0.6 is 0 Å². The van der Waals surface area contributed by atoms with Gasteiger partial charge in [0.2, 0.25) is 0 Å². The molecule has 3 aromatic rings. The van der Waals surface area contributed by atoms with Crippen molar-refractivity contribution in [2.75, 3.05) is 13.7 Å². The van der Waals surface area contributed by atoms with E-state index in [0.29, 0.717) is 18.8 Å². The van der Waals surface area contributed by atoms with Gasteiger partial charge in [0.25, 0.3) is 5.91 Å². The lowest BCUT2D eigenvalue weighted by molar-refractivity contribution is 0.0944. The molecule has 114 valence electrons. The van der Waals surface area contributed by atoms with Crippen molar-refractivity contribution in [2.24, 2.45) is 7.05 Å². The molecule has 1 aromatic carbocycles. The second kappa shape index (κ2) is 5.88. The van der Waals surface area contributed by atoms with Crippen LogP contribution in [0, 0.1) is 0 Å². The number of nitrogens with zero attached hydrogens (tertiary/aromatic N) is 4. The minimum atomic E-state index is -0.113. The van der Waals surface area contributed by atoms with Gasteiger partial charge in [-0.15, -0.1) is 0 Å². The second-order valence-electron chi connectivity index (χ2n) is 4.93. The average Bonchev–Trinajstić information content (AvgIpc) is 3.15. The van der Waals surface area contributed by atoms with Crippen LogP contribution in [0.4, 0.5) is 0 Å². The third kappa shape index (κ3) is 2.65. The van der Waals surface area contributed by atoms with Gasteiger partial charge >= 0.3 is 0 Å². The number of nitrogens with one attached hydrogen (secondary N) is 1. The quantitative estimate of drug-likeness (QED) is 0.768. The largest absolute Gasteiger partial charge is 0.497 e. The Labute approximate surface area is 127 Å². The number of ether oxygens (including phenoxy) is 1. The molecule has 0 aliphatic carbocycles. The molecule has 0 bridgehead atoms. The standard InChI is InChI=1S/C15H17N5O2/c1-19-13-4-3-12(22-2)7-11(13)8-14(19)15(21)17-5-6-20-10-16-9-18-20/h3-4,7-10H,5-6H2,1-2H3,(H,17,21). The summed E-state index contributed by atoms with van der Waals surface area (Å²) in [6.45, 7) is 1.08. The van der Waals surface area contributed by atoms with Crippen LogP contribution in [0.5, 0.6) is 5.75 Å². The lowest BCUT2D eigenvalue weighted by atomic mass is 10.2. The normalized spacial score (nSPS) is 10.8. The van der Waals surface area contributed by atoms with Crippen LogP contribution < -0.4 is 10.1 Å². The number of aromatic nitrogens is 4. The summed E-state index contributed by atoms with van der Waals surface area (Å²) >= 11 is 0. The van der Waals surface area contributed by atoms with E-state index < -0.39 is 0 Å². The highest BCUT2D eigenvalue weighted by Crippen LogP contribution is 2.23. The van der Waals surface area contributed by atoms with Gasteiger partial charge in [0.05, 0.1) is 13.7 Å². The van der Waals surface area contributed by atoms with Gasteiger partial charge in [-0.25, -0.2) is 4.98 Å². The van der Waals surface area contributed by atoms with E-state index in [4.69, 9.17) is 4.74 Å². The maximum atomic E-state index is 12.3. The van der Waals surface area contributed by atoms with Crippen molar-refractivity contribution in [1.82, 2.24) is 24.6 Å². The van der Waals surface area contributed by atoms with E-state index in [0.717, 1.165) is 16.7 Å². The predicted octanol–water partition coefficient (Wildman–Crippen LogP) is 1.21. The first-order chi connectivity index (χ1) is 10.7. The molecule has 0 saturated carbocycles. The first kappa shape index (κ1) is 14.1. The summed E-state index contributed by atoms with van der Waals surface area (Å²) < 4.78 is 8.76. The number of carbonyl (C=O) groups is 1. The summed E-state index contributed by atoms with van der Waals surface area (Å²) in [7, 11) is 3.50. The number of rotatable bonds is 5. The number of carbonyl (C=O) groups excluding carboxylic acids is 1. The van der Waals surface area contributed by atoms with E-state index in [9.17, 15) is 4.79 Å². The van der Waals surface area contributed by atoms with Crippen LogP contribution in [-0.2, 0) is 13.6 Å². The number of fused-ring (bicyclic) bond motifs is 1. The molecule has 0 radical (unpaired) electrons. The first-order valence-electron chi connectivity index (χ1n) is 6.93. The minimum Gasteiger partial charge on any atom is -0.497 e. The molecule has 0 aliphatic heterocycles. The molecular weight excluding hydrogens is 282 g/mol. The van der Waals surface area contributed by atoms with E-state index >= 15 is 0 Å². The predicted molar refractivity (Wildman–Crippen MR) is 81.8 cm³/mol. The van der Waals surface area contributed by atoms with Gasteiger partial charge < -0.3 is 14.6 Å². The molecule has 7 heteroatoms. The van der Waals surface area contributed by atoms with Crippen LogP contribution in [-0.4, -0.2) is 38.9 Å². The lowest BCUT2D eigenvalue weighted by Gasteiger charge is -2.06. The summed E-state index contributed by atoms with van der Waals surface area (Å²) in [6.07, 6.45) is 3.09. The van der Waals surface area contributed by atoms with Gasteiger partial charge in [-0.05, 0) is 24.3 Å². The number of hydrogen-bond donors (Lipinski definition) is 1. The zero-order valence-electron chi connectivity index (χ0n) is 12.5. The van der Waals surface area contributed by atoms with E-state index in [-0.39, 0.29) is 5.91 Å². The van der Waals surface area contributed by atoms with Crippen LogP contribution in [0.3, 0.4) is 0 Å². The summed E-state index contributed by atoms with van der Waals surface area (Å²) in [5, 5.41) is 7.86. The van der Waals surface area contributed by atoms with Crippen molar-refractivity contribution in [3.8, 4) is 5.75 Å². The van der Waals surface area contributed by atoms with Crippen LogP contribution in [0.1, 0.15) is 10.5 Å². The third-order valence-corrected chi connectivity index (χ3v) is 3.58. The molecule has 7 nitrogen and oxygen atoms in total. The molecule has 2 heterocycles. The van der Waals surface area contributed by atoms with Gasteiger partial charge in [-0.3, -0.25) is 9.48 Å². The van der Waals surface area contributed by atoms with E-state index in [1.54, 1.807) is 18.1 Å². The van der Waals surface area contributed by atoms with Crippen molar-refractivity contribution in [3.05, 3.63) is 42.6 Å². The SMILES string of the molecule is COc1ccc2c(c1)cc(C(=O)NCCn1cncn1)n2C.